The third-order valence-electron chi connectivity index (χ3n) is 2.30. The van der Waals surface area contributed by atoms with Gasteiger partial charge in [-0.15, -0.1) is 0 Å². The van der Waals surface area contributed by atoms with Crippen molar-refractivity contribution in [3.8, 4) is 0 Å². The Morgan fingerprint density at radius 1 is 1.47 bits per heavy atom. The summed E-state index contributed by atoms with van der Waals surface area (Å²) < 4.78 is 13.2. The van der Waals surface area contributed by atoms with Gasteiger partial charge in [0, 0.05) is 11.6 Å². The quantitative estimate of drug-likeness (QED) is 0.764. The topological polar surface area (TPSA) is 46.2 Å². The SMILES string of the molecule is O=Cc1ccc(C(=O)NC2CC2)cc1F. The van der Waals surface area contributed by atoms with Crippen LogP contribution in [0, 0.1) is 5.82 Å². The molecule has 15 heavy (non-hydrogen) atoms. The number of amides is 1. The first-order chi connectivity index (χ1) is 7.20. The monoisotopic (exact) mass is 207 g/mol. The van der Waals surface area contributed by atoms with Gasteiger partial charge in [0.25, 0.3) is 5.91 Å². The van der Waals surface area contributed by atoms with Gasteiger partial charge in [-0.1, -0.05) is 0 Å². The maximum atomic E-state index is 13.2. The number of hydrogen-bond donors (Lipinski definition) is 1. The number of hydrogen-bond acceptors (Lipinski definition) is 2. The zero-order chi connectivity index (χ0) is 10.8. The van der Waals surface area contributed by atoms with Crippen LogP contribution in [0.3, 0.4) is 0 Å². The van der Waals surface area contributed by atoms with Crippen LogP contribution in [0.2, 0.25) is 0 Å². The molecule has 0 heterocycles. The summed E-state index contributed by atoms with van der Waals surface area (Å²) in [5.41, 5.74) is 0.225. The van der Waals surface area contributed by atoms with Gasteiger partial charge in [-0.25, -0.2) is 4.39 Å². The number of benzene rings is 1. The highest BCUT2D eigenvalue weighted by Crippen LogP contribution is 2.19. The van der Waals surface area contributed by atoms with Crippen LogP contribution >= 0.6 is 0 Å². The van der Waals surface area contributed by atoms with E-state index in [1.807, 2.05) is 0 Å². The minimum Gasteiger partial charge on any atom is -0.349 e. The van der Waals surface area contributed by atoms with E-state index in [1.54, 1.807) is 0 Å². The van der Waals surface area contributed by atoms with Crippen molar-refractivity contribution in [1.29, 1.82) is 0 Å². The van der Waals surface area contributed by atoms with Gasteiger partial charge in [0.15, 0.2) is 6.29 Å². The van der Waals surface area contributed by atoms with Crippen molar-refractivity contribution >= 4 is 12.2 Å². The lowest BCUT2D eigenvalue weighted by Gasteiger charge is -2.03. The van der Waals surface area contributed by atoms with Gasteiger partial charge in [-0.05, 0) is 31.0 Å². The summed E-state index contributed by atoms with van der Waals surface area (Å²) in [5.74, 6) is -0.942. The Bertz CT molecular complexity index is 413. The van der Waals surface area contributed by atoms with E-state index in [0.29, 0.717) is 6.29 Å². The Morgan fingerprint density at radius 3 is 2.73 bits per heavy atom. The molecule has 0 unspecified atom stereocenters. The largest absolute Gasteiger partial charge is 0.349 e. The molecule has 1 N–H and O–H groups in total. The lowest BCUT2D eigenvalue weighted by atomic mass is 10.1. The number of nitrogens with one attached hydrogen (secondary N) is 1. The first kappa shape index (κ1) is 9.83. The molecule has 1 aliphatic carbocycles. The molecule has 0 aliphatic heterocycles. The second-order valence-corrected chi connectivity index (χ2v) is 3.60. The number of rotatable bonds is 3. The third-order valence-corrected chi connectivity index (χ3v) is 2.30. The van der Waals surface area contributed by atoms with Crippen molar-refractivity contribution in [2.75, 3.05) is 0 Å². The van der Waals surface area contributed by atoms with Crippen molar-refractivity contribution in [3.05, 3.63) is 35.1 Å². The highest BCUT2D eigenvalue weighted by molar-refractivity contribution is 5.95. The Kier molecular flexibility index (Phi) is 2.49. The van der Waals surface area contributed by atoms with Gasteiger partial charge in [0.1, 0.15) is 5.82 Å². The van der Waals surface area contributed by atoms with Gasteiger partial charge in [0.2, 0.25) is 0 Å². The highest BCUT2D eigenvalue weighted by atomic mass is 19.1. The standard InChI is InChI=1S/C11H10FNO2/c12-10-5-7(1-2-8(10)6-14)11(15)13-9-3-4-9/h1-2,5-6,9H,3-4H2,(H,13,15). The van der Waals surface area contributed by atoms with Crippen LogP contribution in [0.4, 0.5) is 4.39 Å². The van der Waals surface area contributed by atoms with E-state index >= 15 is 0 Å². The molecular formula is C11H10FNO2. The molecule has 1 aromatic carbocycles. The Labute approximate surface area is 86.3 Å². The van der Waals surface area contributed by atoms with E-state index in [2.05, 4.69) is 5.32 Å². The Hall–Kier alpha value is -1.71. The molecule has 1 saturated carbocycles. The molecule has 0 bridgehead atoms. The molecule has 3 nitrogen and oxygen atoms in total. The maximum Gasteiger partial charge on any atom is 0.251 e. The van der Waals surface area contributed by atoms with Crippen molar-refractivity contribution in [1.82, 2.24) is 5.32 Å². The number of carbonyl (C=O) groups excluding carboxylic acids is 2. The summed E-state index contributed by atoms with van der Waals surface area (Å²) >= 11 is 0. The maximum absolute atomic E-state index is 13.2. The van der Waals surface area contributed by atoms with E-state index in [1.165, 1.54) is 12.1 Å². The fourth-order valence-electron chi connectivity index (χ4n) is 1.26. The number of aldehydes is 1. The predicted octanol–water partition coefficient (Wildman–Crippen LogP) is 1.53. The number of halogens is 1. The zero-order valence-electron chi connectivity index (χ0n) is 8.00. The van der Waals surface area contributed by atoms with Crippen LogP contribution in [-0.2, 0) is 0 Å². The minimum atomic E-state index is -0.659. The van der Waals surface area contributed by atoms with Gasteiger partial charge in [0.05, 0.1) is 5.56 Å². The molecule has 1 amide bonds. The van der Waals surface area contributed by atoms with Crippen molar-refractivity contribution < 1.29 is 14.0 Å². The van der Waals surface area contributed by atoms with Crippen molar-refractivity contribution in [3.63, 3.8) is 0 Å². The molecular weight excluding hydrogens is 197 g/mol. The Morgan fingerprint density at radius 2 is 2.20 bits per heavy atom. The highest BCUT2D eigenvalue weighted by Gasteiger charge is 2.23. The van der Waals surface area contributed by atoms with Gasteiger partial charge in [-0.3, -0.25) is 9.59 Å². The van der Waals surface area contributed by atoms with Crippen LogP contribution < -0.4 is 5.32 Å². The molecule has 2 rings (SSSR count). The van der Waals surface area contributed by atoms with E-state index in [-0.39, 0.29) is 23.1 Å². The molecule has 0 radical (unpaired) electrons. The summed E-state index contributed by atoms with van der Waals surface area (Å²) in [4.78, 5) is 21.8. The lowest BCUT2D eigenvalue weighted by molar-refractivity contribution is 0.0949. The fraction of sp³-hybridized carbons (Fsp3) is 0.273. The van der Waals surface area contributed by atoms with Gasteiger partial charge < -0.3 is 5.32 Å². The summed E-state index contributed by atoms with van der Waals surface area (Å²) in [6.45, 7) is 0. The molecule has 4 heteroatoms. The van der Waals surface area contributed by atoms with E-state index in [0.717, 1.165) is 18.9 Å². The third kappa shape index (κ3) is 2.21. The molecule has 1 aromatic rings. The summed E-state index contributed by atoms with van der Waals surface area (Å²) in [6, 6.07) is 4.09. The molecule has 78 valence electrons. The average Bonchev–Trinajstić information content (AvgIpc) is 3.01. The van der Waals surface area contributed by atoms with Gasteiger partial charge in [-0.2, -0.15) is 0 Å². The molecule has 0 aromatic heterocycles. The van der Waals surface area contributed by atoms with E-state index in [9.17, 15) is 14.0 Å². The second kappa shape index (κ2) is 3.81. The van der Waals surface area contributed by atoms with Crippen molar-refractivity contribution in [2.24, 2.45) is 0 Å². The summed E-state index contributed by atoms with van der Waals surface area (Å²) in [5, 5.41) is 2.74. The van der Waals surface area contributed by atoms with Gasteiger partial charge >= 0.3 is 0 Å². The van der Waals surface area contributed by atoms with Crippen LogP contribution in [-0.4, -0.2) is 18.2 Å². The van der Waals surface area contributed by atoms with Crippen molar-refractivity contribution in [2.45, 2.75) is 18.9 Å². The van der Waals surface area contributed by atoms with E-state index < -0.39 is 5.82 Å². The zero-order valence-corrected chi connectivity index (χ0v) is 8.00. The molecule has 1 fully saturated rings. The van der Waals surface area contributed by atoms with E-state index in [4.69, 9.17) is 0 Å². The Balaban J connectivity index is 2.16. The van der Waals surface area contributed by atoms with Crippen LogP contribution in [0.1, 0.15) is 33.6 Å². The first-order valence-electron chi connectivity index (χ1n) is 4.76. The number of carbonyl (C=O) groups is 2. The first-order valence-corrected chi connectivity index (χ1v) is 4.76. The summed E-state index contributed by atoms with van der Waals surface area (Å²) in [6.07, 6.45) is 2.40. The second-order valence-electron chi connectivity index (χ2n) is 3.60. The van der Waals surface area contributed by atoms with Crippen LogP contribution in [0.15, 0.2) is 18.2 Å². The molecule has 0 saturated heterocycles. The summed E-state index contributed by atoms with van der Waals surface area (Å²) in [7, 11) is 0. The van der Waals surface area contributed by atoms with Crippen LogP contribution in [0.25, 0.3) is 0 Å². The van der Waals surface area contributed by atoms with Crippen LogP contribution in [0.5, 0.6) is 0 Å². The average molecular weight is 207 g/mol. The lowest BCUT2D eigenvalue weighted by Crippen LogP contribution is -2.25. The fourth-order valence-corrected chi connectivity index (χ4v) is 1.26. The molecule has 0 spiro atoms. The smallest absolute Gasteiger partial charge is 0.251 e. The normalized spacial score (nSPS) is 14.7. The predicted molar refractivity (Wildman–Crippen MR) is 52.3 cm³/mol. The molecule has 1 aliphatic rings. The minimum absolute atomic E-state index is 0.0297. The molecule has 0 atom stereocenters.